The molecule has 26 heavy (non-hydrogen) atoms. The Morgan fingerprint density at radius 3 is 2.54 bits per heavy atom. The molecule has 2 heterocycles. The quantitative estimate of drug-likeness (QED) is 0.605. The summed E-state index contributed by atoms with van der Waals surface area (Å²) < 4.78 is 38.9. The molecule has 0 atom stereocenters. The Morgan fingerprint density at radius 2 is 1.85 bits per heavy atom. The molecular weight excluding hydrogens is 352 g/mol. The smallest absolute Gasteiger partial charge is 0.247 e. The maximum atomic E-state index is 13.3. The average Bonchev–Trinajstić information content (AvgIpc) is 3.16. The van der Waals surface area contributed by atoms with E-state index in [0.29, 0.717) is 23.8 Å². The minimum absolute atomic E-state index is 0.104. The third kappa shape index (κ3) is 4.12. The Kier molecular flexibility index (Phi) is 5.70. The van der Waals surface area contributed by atoms with E-state index < -0.39 is 10.0 Å². The zero-order chi connectivity index (χ0) is 18.4. The zero-order valence-corrected chi connectivity index (χ0v) is 15.2. The number of benzene rings is 1. The van der Waals surface area contributed by atoms with E-state index in [0.717, 1.165) is 0 Å². The Labute approximate surface area is 153 Å². The van der Waals surface area contributed by atoms with E-state index in [4.69, 9.17) is 9.15 Å². The van der Waals surface area contributed by atoms with E-state index in [9.17, 15) is 8.42 Å². The number of aromatic nitrogens is 1. The first-order valence-electron chi connectivity index (χ1n) is 8.25. The minimum atomic E-state index is -3.82. The highest BCUT2D eigenvalue weighted by molar-refractivity contribution is 7.89. The summed E-state index contributed by atoms with van der Waals surface area (Å²) in [4.78, 5) is 4.37. The van der Waals surface area contributed by atoms with Crippen molar-refractivity contribution >= 4 is 10.0 Å². The predicted octanol–water partition coefficient (Wildman–Crippen LogP) is 3.46. The normalized spacial score (nSPS) is 11.6. The Bertz CT molecular complexity index is 925. The van der Waals surface area contributed by atoms with Crippen LogP contribution in [-0.2, 0) is 23.1 Å². The van der Waals surface area contributed by atoms with Crippen LogP contribution in [-0.4, -0.2) is 24.3 Å². The number of hydrogen-bond donors (Lipinski definition) is 0. The van der Waals surface area contributed by atoms with Gasteiger partial charge in [0.2, 0.25) is 10.0 Å². The van der Waals surface area contributed by atoms with Crippen molar-refractivity contribution in [3.63, 3.8) is 0 Å². The number of hydrogen-bond acceptors (Lipinski definition) is 5. The second-order valence-corrected chi connectivity index (χ2v) is 7.46. The van der Waals surface area contributed by atoms with Crippen LogP contribution in [0, 0.1) is 0 Å². The highest BCUT2D eigenvalue weighted by Crippen LogP contribution is 2.28. The van der Waals surface area contributed by atoms with Gasteiger partial charge in [-0.15, -0.1) is 0 Å². The summed E-state index contributed by atoms with van der Waals surface area (Å²) in [5.41, 5.74) is 0.650. The molecule has 136 valence electrons. The van der Waals surface area contributed by atoms with Gasteiger partial charge in [0.15, 0.2) is 0 Å². The van der Waals surface area contributed by atoms with E-state index in [1.807, 2.05) is 13.0 Å². The van der Waals surface area contributed by atoms with Crippen molar-refractivity contribution in [2.45, 2.75) is 24.9 Å². The number of para-hydroxylation sites is 1. The lowest BCUT2D eigenvalue weighted by Crippen LogP contribution is -2.30. The molecule has 6 nitrogen and oxygen atoms in total. The van der Waals surface area contributed by atoms with E-state index in [1.54, 1.807) is 54.7 Å². The molecule has 0 aliphatic carbocycles. The fraction of sp³-hybridized carbons (Fsp3) is 0.211. The summed E-state index contributed by atoms with van der Waals surface area (Å²) in [7, 11) is -3.82. The van der Waals surface area contributed by atoms with E-state index in [-0.39, 0.29) is 18.0 Å². The van der Waals surface area contributed by atoms with Crippen LogP contribution in [0.25, 0.3) is 0 Å². The van der Waals surface area contributed by atoms with Gasteiger partial charge in [0, 0.05) is 6.20 Å². The van der Waals surface area contributed by atoms with Crippen molar-refractivity contribution in [3.8, 4) is 5.75 Å². The second-order valence-electron chi connectivity index (χ2n) is 5.55. The molecule has 0 fully saturated rings. The van der Waals surface area contributed by atoms with E-state index in [1.165, 1.54) is 10.6 Å². The SMILES string of the molecule is CCOc1ccccc1S(=O)(=O)N(Cc1ccccn1)Cc1ccco1. The lowest BCUT2D eigenvalue weighted by atomic mass is 10.3. The third-order valence-corrected chi connectivity index (χ3v) is 5.57. The highest BCUT2D eigenvalue weighted by Gasteiger charge is 2.29. The molecule has 2 aromatic heterocycles. The standard InChI is InChI=1S/C19H20N2O4S/c1-2-24-18-10-3-4-11-19(18)26(22,23)21(15-17-9-7-13-25-17)14-16-8-5-6-12-20-16/h3-13H,2,14-15H2,1H3. The van der Waals surface area contributed by atoms with Crippen molar-refractivity contribution in [3.05, 3.63) is 78.5 Å². The van der Waals surface area contributed by atoms with Crippen LogP contribution in [0.4, 0.5) is 0 Å². The Hall–Kier alpha value is -2.64. The summed E-state index contributed by atoms with van der Waals surface area (Å²) in [5, 5.41) is 0. The number of sulfonamides is 1. The first kappa shape index (κ1) is 18.2. The van der Waals surface area contributed by atoms with Gasteiger partial charge in [-0.25, -0.2) is 8.42 Å². The Balaban J connectivity index is 1.99. The van der Waals surface area contributed by atoms with Crippen LogP contribution >= 0.6 is 0 Å². The van der Waals surface area contributed by atoms with Gasteiger partial charge in [0.25, 0.3) is 0 Å². The van der Waals surface area contributed by atoms with Crippen LogP contribution in [0.3, 0.4) is 0 Å². The molecule has 1 aromatic carbocycles. The number of nitrogens with zero attached hydrogens (tertiary/aromatic N) is 2. The third-order valence-electron chi connectivity index (χ3n) is 3.74. The van der Waals surface area contributed by atoms with Crippen LogP contribution in [0.1, 0.15) is 18.4 Å². The summed E-state index contributed by atoms with van der Waals surface area (Å²) in [6, 6.07) is 15.5. The van der Waals surface area contributed by atoms with E-state index >= 15 is 0 Å². The molecule has 0 unspecified atom stereocenters. The van der Waals surface area contributed by atoms with Gasteiger partial charge in [0.1, 0.15) is 16.4 Å². The van der Waals surface area contributed by atoms with Crippen LogP contribution in [0.2, 0.25) is 0 Å². The van der Waals surface area contributed by atoms with Crippen molar-refractivity contribution < 1.29 is 17.6 Å². The van der Waals surface area contributed by atoms with Gasteiger partial charge < -0.3 is 9.15 Å². The number of pyridine rings is 1. The molecule has 0 aliphatic heterocycles. The highest BCUT2D eigenvalue weighted by atomic mass is 32.2. The van der Waals surface area contributed by atoms with Crippen LogP contribution in [0.5, 0.6) is 5.75 Å². The lowest BCUT2D eigenvalue weighted by molar-refractivity contribution is 0.324. The van der Waals surface area contributed by atoms with Gasteiger partial charge in [-0.3, -0.25) is 4.98 Å². The molecule has 0 N–H and O–H groups in total. The van der Waals surface area contributed by atoms with Crippen molar-refractivity contribution in [1.29, 1.82) is 0 Å². The summed E-state index contributed by atoms with van der Waals surface area (Å²) in [6.07, 6.45) is 3.16. The molecule has 0 saturated heterocycles. The monoisotopic (exact) mass is 372 g/mol. The number of furan rings is 1. The molecule has 0 aliphatic rings. The first-order valence-corrected chi connectivity index (χ1v) is 9.69. The van der Waals surface area contributed by atoms with Crippen molar-refractivity contribution in [2.75, 3.05) is 6.61 Å². The second kappa shape index (κ2) is 8.16. The summed E-state index contributed by atoms with van der Waals surface area (Å²) in [6.45, 7) is 2.43. The largest absolute Gasteiger partial charge is 0.492 e. The number of rotatable bonds is 8. The molecular formula is C19H20N2O4S. The average molecular weight is 372 g/mol. The van der Waals surface area contributed by atoms with E-state index in [2.05, 4.69) is 4.98 Å². The molecule has 3 rings (SSSR count). The lowest BCUT2D eigenvalue weighted by Gasteiger charge is -2.22. The van der Waals surface area contributed by atoms with Gasteiger partial charge >= 0.3 is 0 Å². The topological polar surface area (TPSA) is 72.6 Å². The van der Waals surface area contributed by atoms with Crippen LogP contribution < -0.4 is 4.74 Å². The molecule has 0 saturated carbocycles. The number of ether oxygens (including phenoxy) is 1. The molecule has 0 bridgehead atoms. The van der Waals surface area contributed by atoms with Gasteiger partial charge in [-0.1, -0.05) is 18.2 Å². The van der Waals surface area contributed by atoms with Crippen molar-refractivity contribution in [1.82, 2.24) is 9.29 Å². The molecule has 7 heteroatoms. The molecule has 0 amide bonds. The van der Waals surface area contributed by atoms with Gasteiger partial charge in [0.05, 0.1) is 31.7 Å². The van der Waals surface area contributed by atoms with Gasteiger partial charge in [-0.05, 0) is 43.3 Å². The fourth-order valence-electron chi connectivity index (χ4n) is 2.55. The Morgan fingerprint density at radius 1 is 1.04 bits per heavy atom. The zero-order valence-electron chi connectivity index (χ0n) is 14.4. The maximum Gasteiger partial charge on any atom is 0.247 e. The molecule has 0 spiro atoms. The predicted molar refractivity (Wildman–Crippen MR) is 97.0 cm³/mol. The first-order chi connectivity index (χ1) is 12.6. The summed E-state index contributed by atoms with van der Waals surface area (Å²) >= 11 is 0. The van der Waals surface area contributed by atoms with Gasteiger partial charge in [-0.2, -0.15) is 4.31 Å². The fourth-order valence-corrected chi connectivity index (χ4v) is 4.06. The summed E-state index contributed by atoms with van der Waals surface area (Å²) in [5.74, 6) is 0.888. The van der Waals surface area contributed by atoms with Crippen molar-refractivity contribution in [2.24, 2.45) is 0 Å². The molecule has 0 radical (unpaired) electrons. The van der Waals surface area contributed by atoms with Crippen LogP contribution in [0.15, 0.2) is 76.4 Å². The minimum Gasteiger partial charge on any atom is -0.492 e. The molecule has 3 aromatic rings. The maximum absolute atomic E-state index is 13.3.